The molecular weight excluding hydrogens is 399 g/mol. The van der Waals surface area contributed by atoms with Gasteiger partial charge in [0.2, 0.25) is 0 Å². The number of nitrogens with zero attached hydrogens (tertiary/aromatic N) is 1. The normalized spacial score (nSPS) is 13.0. The van der Waals surface area contributed by atoms with E-state index >= 15 is 0 Å². The van der Waals surface area contributed by atoms with Crippen LogP contribution in [0.4, 0.5) is 9.39 Å². The predicted octanol–water partition coefficient (Wildman–Crippen LogP) is 4.65. The van der Waals surface area contributed by atoms with E-state index in [0.717, 1.165) is 40.8 Å². The molecule has 0 unspecified atom stereocenters. The first kappa shape index (κ1) is 18.6. The lowest BCUT2D eigenvalue weighted by Gasteiger charge is -2.09. The molecule has 0 bridgehead atoms. The topological polar surface area (TPSA) is 79.2 Å². The summed E-state index contributed by atoms with van der Waals surface area (Å²) in [6, 6.07) is 8.00. The number of ether oxygens (including phenoxy) is 1. The highest BCUT2D eigenvalue weighted by Gasteiger charge is 2.22. The predicted molar refractivity (Wildman–Crippen MR) is 106 cm³/mol. The lowest BCUT2D eigenvalue weighted by molar-refractivity contribution is -0.119. The summed E-state index contributed by atoms with van der Waals surface area (Å²) < 4.78 is 19.1. The first-order chi connectivity index (χ1) is 13.5. The third kappa shape index (κ3) is 3.63. The van der Waals surface area contributed by atoms with Crippen LogP contribution in [0.3, 0.4) is 0 Å². The highest BCUT2D eigenvalue weighted by atomic mass is 32.1. The van der Waals surface area contributed by atoms with Crippen molar-refractivity contribution in [3.05, 3.63) is 51.0 Å². The van der Waals surface area contributed by atoms with Gasteiger partial charge in [-0.1, -0.05) is 0 Å². The van der Waals surface area contributed by atoms with Gasteiger partial charge in [0, 0.05) is 9.58 Å². The van der Waals surface area contributed by atoms with E-state index in [-0.39, 0.29) is 5.82 Å². The van der Waals surface area contributed by atoms with Crippen LogP contribution < -0.4 is 5.32 Å². The summed E-state index contributed by atoms with van der Waals surface area (Å²) in [7, 11) is 0. The van der Waals surface area contributed by atoms with Gasteiger partial charge < -0.3 is 10.1 Å². The number of benzene rings is 1. The molecule has 1 aliphatic carbocycles. The second kappa shape index (κ2) is 7.70. The SMILES string of the molecule is N#Cc1c(NC(=O)COC(=O)c2cc3cc(F)ccc3s2)sc2c1CCCC2. The van der Waals surface area contributed by atoms with Gasteiger partial charge in [0.25, 0.3) is 5.91 Å². The third-order valence-corrected chi connectivity index (χ3v) is 6.85. The number of nitriles is 1. The fourth-order valence-electron chi connectivity index (χ4n) is 3.25. The minimum absolute atomic E-state index is 0.303. The van der Waals surface area contributed by atoms with Crippen molar-refractivity contribution in [2.75, 3.05) is 11.9 Å². The number of hydrogen-bond acceptors (Lipinski definition) is 6. The minimum Gasteiger partial charge on any atom is -0.451 e. The van der Waals surface area contributed by atoms with Crippen LogP contribution >= 0.6 is 22.7 Å². The van der Waals surface area contributed by atoms with Gasteiger partial charge in [-0.05, 0) is 60.9 Å². The fourth-order valence-corrected chi connectivity index (χ4v) is 5.44. The van der Waals surface area contributed by atoms with Gasteiger partial charge in [-0.2, -0.15) is 5.26 Å². The standard InChI is InChI=1S/C20H15FN2O3S2/c21-12-5-6-15-11(7-12)8-17(27-15)20(25)26-10-18(24)23-19-14(9-22)13-3-1-2-4-16(13)28-19/h5-8H,1-4,10H2,(H,23,24). The average Bonchev–Trinajstić information content (AvgIpc) is 3.26. The Bertz CT molecular complexity index is 1130. The number of thiophene rings is 2. The number of carbonyl (C=O) groups excluding carboxylic acids is 2. The molecule has 2 aromatic heterocycles. The van der Waals surface area contributed by atoms with Crippen molar-refractivity contribution in [3.8, 4) is 6.07 Å². The largest absolute Gasteiger partial charge is 0.451 e. The van der Waals surface area contributed by atoms with Crippen molar-refractivity contribution in [1.82, 2.24) is 0 Å². The Hall–Kier alpha value is -2.76. The summed E-state index contributed by atoms with van der Waals surface area (Å²) in [5.74, 6) is -1.50. The molecule has 0 spiro atoms. The number of nitrogens with one attached hydrogen (secondary N) is 1. The maximum absolute atomic E-state index is 13.3. The number of esters is 1. The summed E-state index contributed by atoms with van der Waals surface area (Å²) in [4.78, 5) is 25.9. The number of fused-ring (bicyclic) bond motifs is 2. The zero-order chi connectivity index (χ0) is 19.7. The highest BCUT2D eigenvalue weighted by molar-refractivity contribution is 7.20. The minimum atomic E-state index is -0.636. The van der Waals surface area contributed by atoms with E-state index in [1.807, 2.05) is 0 Å². The molecule has 1 N–H and O–H groups in total. The van der Waals surface area contributed by atoms with E-state index in [1.54, 1.807) is 12.1 Å². The fraction of sp³-hybridized carbons (Fsp3) is 0.250. The molecule has 1 amide bonds. The number of aryl methyl sites for hydroxylation is 1. The van der Waals surface area contributed by atoms with Crippen molar-refractivity contribution in [2.24, 2.45) is 0 Å². The quantitative estimate of drug-likeness (QED) is 0.631. The summed E-state index contributed by atoms with van der Waals surface area (Å²) in [6.07, 6.45) is 3.91. The number of rotatable bonds is 4. The molecule has 3 aromatic rings. The van der Waals surface area contributed by atoms with Crippen LogP contribution in [0.15, 0.2) is 24.3 Å². The molecule has 0 fully saturated rings. The van der Waals surface area contributed by atoms with E-state index in [0.29, 0.717) is 20.8 Å². The molecule has 8 heteroatoms. The van der Waals surface area contributed by atoms with Crippen LogP contribution in [-0.2, 0) is 22.4 Å². The summed E-state index contributed by atoms with van der Waals surface area (Å²) in [6.45, 7) is -0.450. The van der Waals surface area contributed by atoms with Crippen LogP contribution in [0.1, 0.15) is 38.5 Å². The van der Waals surface area contributed by atoms with Crippen LogP contribution in [0.5, 0.6) is 0 Å². The molecule has 1 aliphatic rings. The van der Waals surface area contributed by atoms with Crippen LogP contribution in [0.25, 0.3) is 10.1 Å². The van der Waals surface area contributed by atoms with Gasteiger partial charge in [-0.3, -0.25) is 4.79 Å². The zero-order valence-electron chi connectivity index (χ0n) is 14.7. The Labute approximate surface area is 168 Å². The molecule has 1 aromatic carbocycles. The van der Waals surface area contributed by atoms with Crippen molar-refractivity contribution < 1.29 is 18.7 Å². The number of amides is 1. The molecule has 142 valence electrons. The Kier molecular flexibility index (Phi) is 5.11. The maximum atomic E-state index is 13.3. The molecular formula is C20H15FN2O3S2. The molecule has 4 rings (SSSR count). The van der Waals surface area contributed by atoms with Gasteiger partial charge in [0.15, 0.2) is 6.61 Å². The molecule has 5 nitrogen and oxygen atoms in total. The lowest BCUT2D eigenvalue weighted by Crippen LogP contribution is -2.20. The number of anilines is 1. The Balaban J connectivity index is 1.41. The van der Waals surface area contributed by atoms with E-state index < -0.39 is 18.5 Å². The molecule has 0 atom stereocenters. The number of halogens is 1. The Morgan fingerprint density at radius 3 is 2.86 bits per heavy atom. The summed E-state index contributed by atoms with van der Waals surface area (Å²) in [5.41, 5.74) is 1.55. The van der Waals surface area contributed by atoms with Gasteiger partial charge in [-0.25, -0.2) is 9.18 Å². The first-order valence-electron chi connectivity index (χ1n) is 8.76. The van der Waals surface area contributed by atoms with Gasteiger partial charge >= 0.3 is 5.97 Å². The Morgan fingerprint density at radius 2 is 2.04 bits per heavy atom. The third-order valence-electron chi connectivity index (χ3n) is 4.55. The molecule has 0 saturated heterocycles. The zero-order valence-corrected chi connectivity index (χ0v) is 16.3. The van der Waals surface area contributed by atoms with Crippen molar-refractivity contribution in [1.29, 1.82) is 5.26 Å². The van der Waals surface area contributed by atoms with E-state index in [2.05, 4.69) is 11.4 Å². The lowest BCUT2D eigenvalue weighted by atomic mass is 9.96. The second-order valence-electron chi connectivity index (χ2n) is 6.44. The average molecular weight is 414 g/mol. The Morgan fingerprint density at radius 1 is 1.21 bits per heavy atom. The van der Waals surface area contributed by atoms with E-state index in [9.17, 15) is 19.2 Å². The van der Waals surface area contributed by atoms with Gasteiger partial charge in [0.1, 0.15) is 21.8 Å². The van der Waals surface area contributed by atoms with Crippen LogP contribution in [-0.4, -0.2) is 18.5 Å². The van der Waals surface area contributed by atoms with Crippen molar-refractivity contribution >= 4 is 49.6 Å². The second-order valence-corrected chi connectivity index (χ2v) is 8.63. The summed E-state index contributed by atoms with van der Waals surface area (Å²) >= 11 is 2.60. The van der Waals surface area contributed by atoms with Gasteiger partial charge in [-0.15, -0.1) is 22.7 Å². The molecule has 28 heavy (non-hydrogen) atoms. The number of hydrogen-bond donors (Lipinski definition) is 1. The highest BCUT2D eigenvalue weighted by Crippen LogP contribution is 2.37. The van der Waals surface area contributed by atoms with E-state index in [1.165, 1.54) is 34.8 Å². The smallest absolute Gasteiger partial charge is 0.348 e. The van der Waals surface area contributed by atoms with Gasteiger partial charge in [0.05, 0.1) is 5.56 Å². The molecule has 0 aliphatic heterocycles. The maximum Gasteiger partial charge on any atom is 0.348 e. The molecule has 0 radical (unpaired) electrons. The number of carbonyl (C=O) groups is 2. The summed E-state index contributed by atoms with van der Waals surface area (Å²) in [5, 5.41) is 13.3. The molecule has 2 heterocycles. The van der Waals surface area contributed by atoms with Crippen LogP contribution in [0, 0.1) is 17.1 Å². The van der Waals surface area contributed by atoms with E-state index in [4.69, 9.17) is 4.74 Å². The van der Waals surface area contributed by atoms with Crippen molar-refractivity contribution in [2.45, 2.75) is 25.7 Å². The van der Waals surface area contributed by atoms with Crippen LogP contribution in [0.2, 0.25) is 0 Å². The monoisotopic (exact) mass is 414 g/mol. The molecule has 0 saturated carbocycles. The first-order valence-corrected chi connectivity index (χ1v) is 10.4. The van der Waals surface area contributed by atoms with Crippen molar-refractivity contribution in [3.63, 3.8) is 0 Å².